The van der Waals surface area contributed by atoms with Gasteiger partial charge in [0.2, 0.25) is 0 Å². The summed E-state index contributed by atoms with van der Waals surface area (Å²) in [5.74, 6) is 2.05. The van der Waals surface area contributed by atoms with Gasteiger partial charge in [-0.25, -0.2) is 0 Å². The fraction of sp³-hybridized carbons (Fsp3) is 0.667. The van der Waals surface area contributed by atoms with Crippen LogP contribution in [0.4, 0.5) is 0 Å². The van der Waals surface area contributed by atoms with Crippen LogP contribution in [-0.4, -0.2) is 11.1 Å². The summed E-state index contributed by atoms with van der Waals surface area (Å²) in [4.78, 5) is 0. The molecule has 1 aliphatic carbocycles. The van der Waals surface area contributed by atoms with Crippen LogP contribution < -0.4 is 5.32 Å². The van der Waals surface area contributed by atoms with Gasteiger partial charge in [-0.3, -0.25) is 0 Å². The molecular weight excluding hydrogens is 246 g/mol. The Hall–Kier alpha value is -1.02. The highest BCUT2D eigenvalue weighted by Crippen LogP contribution is 2.30. The molecule has 2 rings (SSSR count). The Morgan fingerprint density at radius 1 is 1.25 bits per heavy atom. The molecule has 0 aromatic heterocycles. The Morgan fingerprint density at radius 3 is 2.75 bits per heavy atom. The molecule has 1 aromatic carbocycles. The van der Waals surface area contributed by atoms with Crippen molar-refractivity contribution in [3.05, 3.63) is 29.8 Å². The zero-order valence-corrected chi connectivity index (χ0v) is 13.1. The van der Waals surface area contributed by atoms with Crippen molar-refractivity contribution in [2.75, 3.05) is 0 Å². The molecule has 0 saturated heterocycles. The maximum atomic E-state index is 9.58. The lowest BCUT2D eigenvalue weighted by molar-refractivity contribution is 0.242. The van der Waals surface area contributed by atoms with Crippen molar-refractivity contribution >= 4 is 0 Å². The normalized spacial score (nSPS) is 24.8. The van der Waals surface area contributed by atoms with Crippen LogP contribution in [0.15, 0.2) is 24.3 Å². The first kappa shape index (κ1) is 15.4. The molecule has 112 valence electrons. The van der Waals surface area contributed by atoms with Gasteiger partial charge in [-0.2, -0.15) is 0 Å². The summed E-state index contributed by atoms with van der Waals surface area (Å²) in [6, 6.07) is 8.55. The van der Waals surface area contributed by atoms with E-state index in [4.69, 9.17) is 0 Å². The predicted molar refractivity (Wildman–Crippen MR) is 84.9 cm³/mol. The highest BCUT2D eigenvalue weighted by Gasteiger charge is 2.23. The topological polar surface area (TPSA) is 32.3 Å². The Bertz CT molecular complexity index is 416. The predicted octanol–water partition coefficient (Wildman–Crippen LogP) is 4.65. The average Bonchev–Trinajstić information content (AvgIpc) is 2.38. The van der Waals surface area contributed by atoms with Crippen LogP contribution in [0.5, 0.6) is 5.75 Å². The van der Waals surface area contributed by atoms with E-state index in [0.717, 1.165) is 11.8 Å². The highest BCUT2D eigenvalue weighted by molar-refractivity contribution is 5.29. The molecule has 0 spiro atoms. The van der Waals surface area contributed by atoms with Crippen LogP contribution >= 0.6 is 0 Å². The number of hydrogen-bond donors (Lipinski definition) is 2. The van der Waals surface area contributed by atoms with Crippen LogP contribution in [0.2, 0.25) is 0 Å². The third kappa shape index (κ3) is 4.52. The van der Waals surface area contributed by atoms with Gasteiger partial charge in [0.05, 0.1) is 0 Å². The highest BCUT2D eigenvalue weighted by atomic mass is 16.3. The molecule has 0 aliphatic heterocycles. The number of rotatable bonds is 5. The Morgan fingerprint density at radius 2 is 2.05 bits per heavy atom. The third-order valence-electron chi connectivity index (χ3n) is 4.44. The van der Waals surface area contributed by atoms with Crippen molar-refractivity contribution in [2.24, 2.45) is 11.8 Å². The monoisotopic (exact) mass is 275 g/mol. The van der Waals surface area contributed by atoms with E-state index in [1.165, 1.54) is 37.7 Å². The van der Waals surface area contributed by atoms with Gasteiger partial charge in [0, 0.05) is 12.1 Å². The molecule has 1 aromatic rings. The van der Waals surface area contributed by atoms with Crippen molar-refractivity contribution in [3.63, 3.8) is 0 Å². The minimum absolute atomic E-state index is 0.310. The summed E-state index contributed by atoms with van der Waals surface area (Å²) in [7, 11) is 0. The van der Waals surface area contributed by atoms with Gasteiger partial charge < -0.3 is 10.4 Å². The lowest BCUT2D eigenvalue weighted by atomic mass is 9.81. The van der Waals surface area contributed by atoms with Crippen LogP contribution in [0.3, 0.4) is 0 Å². The molecule has 1 aliphatic rings. The minimum Gasteiger partial charge on any atom is -0.508 e. The molecule has 3 unspecified atom stereocenters. The van der Waals surface area contributed by atoms with Gasteiger partial charge in [0.15, 0.2) is 0 Å². The number of aromatic hydroxyl groups is 1. The lowest BCUT2D eigenvalue weighted by Crippen LogP contribution is -2.36. The van der Waals surface area contributed by atoms with E-state index >= 15 is 0 Å². The second-order valence-corrected chi connectivity index (χ2v) is 6.84. The van der Waals surface area contributed by atoms with Crippen molar-refractivity contribution < 1.29 is 5.11 Å². The van der Waals surface area contributed by atoms with Crippen LogP contribution in [-0.2, 0) is 0 Å². The zero-order chi connectivity index (χ0) is 14.5. The summed E-state index contributed by atoms with van der Waals surface area (Å²) < 4.78 is 0. The summed E-state index contributed by atoms with van der Waals surface area (Å²) in [6.45, 7) is 6.85. The van der Waals surface area contributed by atoms with Gasteiger partial charge in [0.25, 0.3) is 0 Å². The van der Waals surface area contributed by atoms with Crippen LogP contribution in [0, 0.1) is 11.8 Å². The first-order valence-electron chi connectivity index (χ1n) is 8.09. The van der Waals surface area contributed by atoms with Crippen molar-refractivity contribution in [3.8, 4) is 5.75 Å². The second-order valence-electron chi connectivity index (χ2n) is 6.84. The molecule has 0 radical (unpaired) electrons. The van der Waals surface area contributed by atoms with Crippen LogP contribution in [0.1, 0.15) is 64.5 Å². The number of phenolic OH excluding ortho intramolecular Hbond substituents is 1. The molecule has 20 heavy (non-hydrogen) atoms. The summed E-state index contributed by atoms with van der Waals surface area (Å²) >= 11 is 0. The van der Waals surface area contributed by atoms with Gasteiger partial charge in [0.1, 0.15) is 5.75 Å². The second kappa shape index (κ2) is 7.12. The van der Waals surface area contributed by atoms with E-state index in [9.17, 15) is 5.11 Å². The average molecular weight is 275 g/mol. The van der Waals surface area contributed by atoms with Gasteiger partial charge in [-0.05, 0) is 55.7 Å². The minimum atomic E-state index is 0.310. The molecule has 1 fully saturated rings. The molecule has 0 bridgehead atoms. The number of phenols is 1. The van der Waals surface area contributed by atoms with Crippen molar-refractivity contribution in [2.45, 2.75) is 65.0 Å². The summed E-state index contributed by atoms with van der Waals surface area (Å²) in [5, 5.41) is 13.3. The van der Waals surface area contributed by atoms with Crippen molar-refractivity contribution in [1.82, 2.24) is 5.32 Å². The summed E-state index contributed by atoms with van der Waals surface area (Å²) in [5.41, 5.74) is 1.18. The Labute approximate surface area is 123 Å². The first-order chi connectivity index (χ1) is 9.54. The van der Waals surface area contributed by atoms with Crippen molar-refractivity contribution in [1.29, 1.82) is 0 Å². The molecule has 2 heteroatoms. The van der Waals surface area contributed by atoms with E-state index in [0.29, 0.717) is 17.8 Å². The van der Waals surface area contributed by atoms with Crippen LogP contribution in [0.25, 0.3) is 0 Å². The first-order valence-corrected chi connectivity index (χ1v) is 8.09. The fourth-order valence-electron chi connectivity index (χ4n) is 3.57. The number of benzene rings is 1. The molecule has 1 saturated carbocycles. The van der Waals surface area contributed by atoms with Gasteiger partial charge in [-0.1, -0.05) is 38.8 Å². The molecular formula is C18H29NO. The molecule has 3 atom stereocenters. The summed E-state index contributed by atoms with van der Waals surface area (Å²) in [6.07, 6.45) is 6.70. The lowest BCUT2D eigenvalue weighted by Gasteiger charge is -2.33. The smallest absolute Gasteiger partial charge is 0.115 e. The largest absolute Gasteiger partial charge is 0.508 e. The van der Waals surface area contributed by atoms with E-state index < -0.39 is 0 Å². The molecule has 0 heterocycles. The zero-order valence-electron chi connectivity index (χ0n) is 13.1. The maximum absolute atomic E-state index is 9.58. The molecule has 2 nitrogen and oxygen atoms in total. The molecule has 0 amide bonds. The maximum Gasteiger partial charge on any atom is 0.115 e. The Kier molecular flexibility index (Phi) is 5.47. The van der Waals surface area contributed by atoms with E-state index in [1.54, 1.807) is 6.07 Å². The van der Waals surface area contributed by atoms with Gasteiger partial charge in [-0.15, -0.1) is 0 Å². The fourth-order valence-corrected chi connectivity index (χ4v) is 3.57. The number of hydrogen-bond acceptors (Lipinski definition) is 2. The number of nitrogens with one attached hydrogen (secondary N) is 1. The van der Waals surface area contributed by atoms with E-state index in [-0.39, 0.29) is 0 Å². The van der Waals surface area contributed by atoms with Gasteiger partial charge >= 0.3 is 0 Å². The SMILES string of the molecule is CC(C)CC1CCCC(NC(C)c2cccc(O)c2)C1. The standard InChI is InChI=1S/C18H29NO/c1-13(2)10-15-6-4-8-17(11-15)19-14(3)16-7-5-9-18(20)12-16/h5,7,9,12-15,17,19-20H,4,6,8,10-11H2,1-3H3. The molecule has 2 N–H and O–H groups in total. The Balaban J connectivity index is 1.89. The van der Waals surface area contributed by atoms with E-state index in [1.807, 2.05) is 12.1 Å². The quantitative estimate of drug-likeness (QED) is 0.820. The third-order valence-corrected chi connectivity index (χ3v) is 4.44. The van der Waals surface area contributed by atoms with E-state index in [2.05, 4.69) is 32.2 Å².